The monoisotopic (exact) mass is 322 g/mol. The number of fused-ring (bicyclic) bond motifs is 1. The molecular weight excluding hydrogens is 308 g/mol. The Bertz CT molecular complexity index is 924. The average Bonchev–Trinajstić information content (AvgIpc) is 3.24. The lowest BCUT2D eigenvalue weighted by Gasteiger charge is -2.05. The highest BCUT2D eigenvalue weighted by Gasteiger charge is 2.07. The Balaban J connectivity index is 1.57. The van der Waals surface area contributed by atoms with E-state index in [-0.39, 0.29) is 0 Å². The lowest BCUT2D eigenvalue weighted by molar-refractivity contribution is 0.582. The summed E-state index contributed by atoms with van der Waals surface area (Å²) in [5, 5.41) is 0.771. The van der Waals surface area contributed by atoms with Crippen molar-refractivity contribution in [2.75, 3.05) is 0 Å². The molecule has 0 unspecified atom stereocenters. The van der Waals surface area contributed by atoms with Gasteiger partial charge in [0.15, 0.2) is 0 Å². The second kappa shape index (κ2) is 5.94. The van der Waals surface area contributed by atoms with Gasteiger partial charge in [-0.25, -0.2) is 4.98 Å². The van der Waals surface area contributed by atoms with Gasteiger partial charge in [0.2, 0.25) is 0 Å². The SMILES string of the molecule is Clc1ccc(CCn2cnc3cc(-c4ccco4)ccc32)cc1. The van der Waals surface area contributed by atoms with Crippen LogP contribution in [0, 0.1) is 0 Å². The fourth-order valence-electron chi connectivity index (χ4n) is 2.74. The largest absolute Gasteiger partial charge is 0.464 e. The van der Waals surface area contributed by atoms with E-state index in [2.05, 4.69) is 39.9 Å². The molecule has 2 heterocycles. The number of benzene rings is 2. The topological polar surface area (TPSA) is 31.0 Å². The van der Waals surface area contributed by atoms with Crippen molar-refractivity contribution in [2.24, 2.45) is 0 Å². The first-order valence-corrected chi connectivity index (χ1v) is 7.90. The van der Waals surface area contributed by atoms with Gasteiger partial charge in [-0.05, 0) is 54.4 Å². The van der Waals surface area contributed by atoms with E-state index in [1.54, 1.807) is 6.26 Å². The minimum atomic E-state index is 0.771. The summed E-state index contributed by atoms with van der Waals surface area (Å²) in [7, 11) is 0. The molecule has 0 aliphatic heterocycles. The van der Waals surface area contributed by atoms with Crippen LogP contribution in [0.3, 0.4) is 0 Å². The lowest BCUT2D eigenvalue weighted by Crippen LogP contribution is -1.99. The third kappa shape index (κ3) is 2.88. The van der Waals surface area contributed by atoms with E-state index in [1.807, 2.05) is 30.6 Å². The number of imidazole rings is 1. The fourth-order valence-corrected chi connectivity index (χ4v) is 2.86. The standard InChI is InChI=1S/C19H15ClN2O/c20-16-6-3-14(4-7-16)9-10-22-13-21-17-12-15(5-8-18(17)22)19-2-1-11-23-19/h1-8,11-13H,9-10H2. The average molecular weight is 323 g/mol. The molecule has 2 aromatic heterocycles. The number of hydrogen-bond donors (Lipinski definition) is 0. The number of nitrogens with zero attached hydrogens (tertiary/aromatic N) is 2. The van der Waals surface area contributed by atoms with E-state index in [1.165, 1.54) is 5.56 Å². The smallest absolute Gasteiger partial charge is 0.133 e. The summed E-state index contributed by atoms with van der Waals surface area (Å²) < 4.78 is 7.62. The molecule has 23 heavy (non-hydrogen) atoms. The first-order valence-electron chi connectivity index (χ1n) is 7.53. The molecule has 0 saturated carbocycles. The molecule has 0 fully saturated rings. The number of aromatic nitrogens is 2. The summed E-state index contributed by atoms with van der Waals surface area (Å²) in [4.78, 5) is 4.52. The third-order valence-electron chi connectivity index (χ3n) is 3.98. The van der Waals surface area contributed by atoms with Crippen molar-refractivity contribution in [3.8, 4) is 11.3 Å². The van der Waals surface area contributed by atoms with Crippen LogP contribution in [-0.2, 0) is 13.0 Å². The summed E-state index contributed by atoms with van der Waals surface area (Å²) in [5.41, 5.74) is 4.43. The highest BCUT2D eigenvalue weighted by molar-refractivity contribution is 6.30. The van der Waals surface area contributed by atoms with E-state index >= 15 is 0 Å². The number of furan rings is 1. The van der Waals surface area contributed by atoms with E-state index < -0.39 is 0 Å². The first kappa shape index (κ1) is 14.1. The van der Waals surface area contributed by atoms with Crippen molar-refractivity contribution in [3.63, 3.8) is 0 Å². The Morgan fingerprint density at radius 2 is 1.91 bits per heavy atom. The predicted molar refractivity (Wildman–Crippen MR) is 92.6 cm³/mol. The number of halogens is 1. The second-order valence-corrected chi connectivity index (χ2v) is 5.93. The van der Waals surface area contributed by atoms with Crippen LogP contribution in [0.25, 0.3) is 22.4 Å². The molecule has 0 aliphatic rings. The summed E-state index contributed by atoms with van der Waals surface area (Å²) in [5.74, 6) is 0.864. The molecule has 0 amide bonds. The maximum absolute atomic E-state index is 5.92. The van der Waals surface area contributed by atoms with Crippen molar-refractivity contribution in [1.82, 2.24) is 9.55 Å². The Morgan fingerprint density at radius 3 is 2.70 bits per heavy atom. The molecule has 4 rings (SSSR count). The van der Waals surface area contributed by atoms with E-state index in [0.717, 1.165) is 40.3 Å². The van der Waals surface area contributed by atoms with E-state index in [9.17, 15) is 0 Å². The molecule has 0 spiro atoms. The fraction of sp³-hybridized carbons (Fsp3) is 0.105. The van der Waals surface area contributed by atoms with Crippen LogP contribution in [0.2, 0.25) is 5.02 Å². The quantitative estimate of drug-likeness (QED) is 0.517. The zero-order valence-electron chi connectivity index (χ0n) is 12.4. The van der Waals surface area contributed by atoms with Gasteiger partial charge in [-0.2, -0.15) is 0 Å². The van der Waals surface area contributed by atoms with E-state index in [0.29, 0.717) is 0 Å². The minimum Gasteiger partial charge on any atom is -0.464 e. The molecule has 2 aromatic carbocycles. The van der Waals surface area contributed by atoms with Crippen molar-refractivity contribution in [2.45, 2.75) is 13.0 Å². The van der Waals surface area contributed by atoms with Gasteiger partial charge in [-0.1, -0.05) is 23.7 Å². The Hall–Kier alpha value is -2.52. The van der Waals surface area contributed by atoms with Crippen LogP contribution in [0.4, 0.5) is 0 Å². The van der Waals surface area contributed by atoms with Crippen LogP contribution in [0.1, 0.15) is 5.56 Å². The molecule has 4 heteroatoms. The van der Waals surface area contributed by atoms with Gasteiger partial charge in [0.25, 0.3) is 0 Å². The van der Waals surface area contributed by atoms with Gasteiger partial charge in [-0.3, -0.25) is 0 Å². The highest BCUT2D eigenvalue weighted by Crippen LogP contribution is 2.24. The molecular formula is C19H15ClN2O. The number of hydrogen-bond acceptors (Lipinski definition) is 2. The zero-order valence-corrected chi connectivity index (χ0v) is 13.2. The third-order valence-corrected chi connectivity index (χ3v) is 4.23. The zero-order chi connectivity index (χ0) is 15.6. The van der Waals surface area contributed by atoms with Crippen LogP contribution in [0.15, 0.2) is 71.6 Å². The molecule has 0 radical (unpaired) electrons. The number of rotatable bonds is 4. The van der Waals surface area contributed by atoms with Crippen LogP contribution in [0.5, 0.6) is 0 Å². The van der Waals surface area contributed by atoms with Gasteiger partial charge >= 0.3 is 0 Å². The van der Waals surface area contributed by atoms with Crippen molar-refractivity contribution >= 4 is 22.6 Å². The van der Waals surface area contributed by atoms with Crippen LogP contribution < -0.4 is 0 Å². The molecule has 3 nitrogen and oxygen atoms in total. The molecule has 0 saturated heterocycles. The van der Waals surface area contributed by atoms with Crippen LogP contribution >= 0.6 is 11.6 Å². The molecule has 0 bridgehead atoms. The second-order valence-electron chi connectivity index (χ2n) is 5.50. The minimum absolute atomic E-state index is 0.771. The van der Waals surface area contributed by atoms with Gasteiger partial charge in [0, 0.05) is 17.1 Å². The summed E-state index contributed by atoms with van der Waals surface area (Å²) >= 11 is 5.92. The van der Waals surface area contributed by atoms with Gasteiger partial charge in [0.1, 0.15) is 5.76 Å². The lowest BCUT2D eigenvalue weighted by atomic mass is 10.1. The Labute approximate surface area is 139 Å². The van der Waals surface area contributed by atoms with E-state index in [4.69, 9.17) is 16.0 Å². The normalized spacial score (nSPS) is 11.2. The molecule has 0 atom stereocenters. The van der Waals surface area contributed by atoms with Crippen molar-refractivity contribution in [3.05, 3.63) is 77.8 Å². The van der Waals surface area contributed by atoms with Crippen molar-refractivity contribution < 1.29 is 4.42 Å². The summed E-state index contributed by atoms with van der Waals surface area (Å²) in [6, 6.07) is 18.1. The molecule has 0 aliphatic carbocycles. The van der Waals surface area contributed by atoms with Crippen molar-refractivity contribution in [1.29, 1.82) is 0 Å². The summed E-state index contributed by atoms with van der Waals surface area (Å²) in [6.45, 7) is 0.887. The number of aryl methyl sites for hydroxylation is 2. The molecule has 114 valence electrons. The molecule has 0 N–H and O–H groups in total. The maximum Gasteiger partial charge on any atom is 0.133 e. The van der Waals surface area contributed by atoms with Gasteiger partial charge < -0.3 is 8.98 Å². The Kier molecular flexibility index (Phi) is 3.64. The predicted octanol–water partition coefficient (Wildman–Crippen LogP) is 5.19. The first-order chi connectivity index (χ1) is 11.3. The molecule has 4 aromatic rings. The summed E-state index contributed by atoms with van der Waals surface area (Å²) in [6.07, 6.45) is 4.53. The Morgan fingerprint density at radius 1 is 1.04 bits per heavy atom. The van der Waals surface area contributed by atoms with Gasteiger partial charge in [0.05, 0.1) is 23.6 Å². The van der Waals surface area contributed by atoms with Crippen LogP contribution in [-0.4, -0.2) is 9.55 Å². The maximum atomic E-state index is 5.92. The van der Waals surface area contributed by atoms with Gasteiger partial charge in [-0.15, -0.1) is 0 Å². The highest BCUT2D eigenvalue weighted by atomic mass is 35.5.